The van der Waals surface area contributed by atoms with Gasteiger partial charge in [-0.1, -0.05) is 49.6 Å². The van der Waals surface area contributed by atoms with Gasteiger partial charge in [0.05, 0.1) is 25.1 Å². The molecule has 1 aliphatic carbocycles. The second-order valence-corrected chi connectivity index (χ2v) is 10.5. The second-order valence-electron chi connectivity index (χ2n) is 10.5. The summed E-state index contributed by atoms with van der Waals surface area (Å²) in [6, 6.07) is 8.19. The van der Waals surface area contributed by atoms with Crippen LogP contribution in [0.25, 0.3) is 0 Å². The van der Waals surface area contributed by atoms with Crippen molar-refractivity contribution < 1.29 is 19.1 Å². The Morgan fingerprint density at radius 1 is 1.16 bits per heavy atom. The molecule has 2 atom stereocenters. The number of likely N-dealkylation sites (N-methyl/N-ethyl adjacent to an activating group) is 1. The van der Waals surface area contributed by atoms with E-state index < -0.39 is 23.4 Å². The van der Waals surface area contributed by atoms with Crippen LogP contribution in [0.1, 0.15) is 57.6 Å². The maximum Gasteiger partial charge on any atom is 0.250 e. The van der Waals surface area contributed by atoms with Crippen LogP contribution in [0.2, 0.25) is 0 Å². The lowest BCUT2D eigenvalue weighted by Gasteiger charge is -2.31. The molecule has 1 aromatic carbocycles. The first-order chi connectivity index (χ1) is 17.6. The van der Waals surface area contributed by atoms with Crippen molar-refractivity contribution in [1.29, 1.82) is 0 Å². The molecular weight excluding hydrogens is 472 g/mol. The van der Waals surface area contributed by atoms with E-state index in [-0.39, 0.29) is 31.1 Å². The lowest BCUT2D eigenvalue weighted by atomic mass is 9.83. The number of ether oxygens (including phenoxy) is 1. The maximum atomic E-state index is 13.2. The van der Waals surface area contributed by atoms with E-state index in [1.54, 1.807) is 49.9 Å². The SMILES string of the molecule is CN(C)C(=O)C(C1CCCCC1)n1cnc(NC(=O)[C@@H](COCc2ccccc2)NC(=O)C(C)(C)N)c1. The summed E-state index contributed by atoms with van der Waals surface area (Å²) in [7, 11) is 3.50. The molecule has 1 heterocycles. The summed E-state index contributed by atoms with van der Waals surface area (Å²) in [6.45, 7) is 3.37. The number of carbonyl (C=O) groups is 3. The first-order valence-corrected chi connectivity index (χ1v) is 12.8. The van der Waals surface area contributed by atoms with Crippen LogP contribution < -0.4 is 16.4 Å². The third-order valence-electron chi connectivity index (χ3n) is 6.57. The largest absolute Gasteiger partial charge is 0.374 e. The Morgan fingerprint density at radius 3 is 2.46 bits per heavy atom. The number of hydrogen-bond acceptors (Lipinski definition) is 6. The summed E-state index contributed by atoms with van der Waals surface area (Å²) < 4.78 is 7.53. The van der Waals surface area contributed by atoms with Crippen molar-refractivity contribution >= 4 is 23.5 Å². The molecule has 1 saturated carbocycles. The molecule has 2 aromatic rings. The molecule has 0 saturated heterocycles. The molecule has 1 aliphatic rings. The van der Waals surface area contributed by atoms with Gasteiger partial charge in [-0.3, -0.25) is 14.4 Å². The van der Waals surface area contributed by atoms with Crippen LogP contribution in [0.5, 0.6) is 0 Å². The summed E-state index contributed by atoms with van der Waals surface area (Å²) in [6.07, 6.45) is 8.60. The third kappa shape index (κ3) is 8.13. The molecule has 37 heavy (non-hydrogen) atoms. The number of anilines is 1. The number of hydrogen-bond donors (Lipinski definition) is 3. The Labute approximate surface area is 218 Å². The van der Waals surface area contributed by atoms with Crippen LogP contribution in [0.3, 0.4) is 0 Å². The van der Waals surface area contributed by atoms with Crippen LogP contribution >= 0.6 is 0 Å². The Morgan fingerprint density at radius 2 is 1.84 bits per heavy atom. The molecule has 1 unspecified atom stereocenters. The van der Waals surface area contributed by atoms with Crippen LogP contribution in [0.15, 0.2) is 42.9 Å². The Kier molecular flexibility index (Phi) is 9.82. The quantitative estimate of drug-likeness (QED) is 0.424. The lowest BCUT2D eigenvalue weighted by molar-refractivity contribution is -0.134. The van der Waals surface area contributed by atoms with Gasteiger partial charge in [0.15, 0.2) is 5.82 Å². The number of rotatable bonds is 11. The van der Waals surface area contributed by atoms with Crippen LogP contribution in [0, 0.1) is 5.92 Å². The first-order valence-electron chi connectivity index (χ1n) is 12.8. The molecule has 3 rings (SSSR count). The first kappa shape index (κ1) is 28.3. The highest BCUT2D eigenvalue weighted by atomic mass is 16.5. The molecule has 10 nitrogen and oxygen atoms in total. The monoisotopic (exact) mass is 512 g/mol. The molecule has 0 bridgehead atoms. The highest BCUT2D eigenvalue weighted by molar-refractivity contribution is 5.98. The summed E-state index contributed by atoms with van der Waals surface area (Å²) >= 11 is 0. The van der Waals surface area contributed by atoms with Crippen molar-refractivity contribution in [3.8, 4) is 0 Å². The topological polar surface area (TPSA) is 132 Å². The van der Waals surface area contributed by atoms with Gasteiger partial charge >= 0.3 is 0 Å². The van der Waals surface area contributed by atoms with Gasteiger partial charge in [-0.05, 0) is 38.2 Å². The van der Waals surface area contributed by atoms with Gasteiger partial charge in [-0.25, -0.2) is 4.98 Å². The Bertz CT molecular complexity index is 1040. The number of imidazole rings is 1. The smallest absolute Gasteiger partial charge is 0.250 e. The van der Waals surface area contributed by atoms with E-state index in [4.69, 9.17) is 10.5 Å². The molecular formula is C27H40N6O4. The summed E-state index contributed by atoms with van der Waals surface area (Å²) in [5.41, 5.74) is 5.71. The van der Waals surface area contributed by atoms with Gasteiger partial charge in [0.1, 0.15) is 12.1 Å². The van der Waals surface area contributed by atoms with E-state index >= 15 is 0 Å². The molecule has 1 fully saturated rings. The molecule has 0 radical (unpaired) electrons. The van der Waals surface area contributed by atoms with Crippen molar-refractivity contribution in [3.63, 3.8) is 0 Å². The predicted octanol–water partition coefficient (Wildman–Crippen LogP) is 2.47. The minimum atomic E-state index is -1.17. The van der Waals surface area contributed by atoms with Crippen molar-refractivity contribution in [2.24, 2.45) is 11.7 Å². The lowest BCUT2D eigenvalue weighted by Crippen LogP contribution is -2.56. The molecule has 4 N–H and O–H groups in total. The normalized spacial score (nSPS) is 16.0. The van der Waals surface area contributed by atoms with E-state index in [0.29, 0.717) is 5.82 Å². The standard InChI is InChI=1S/C27H40N6O4/c1-27(2,28)26(36)30-21(17-37-16-19-11-7-5-8-12-19)24(34)31-22-15-33(18-29-22)23(25(35)32(3)4)20-13-9-6-10-14-20/h5,7-8,11-12,15,18,20-21,23H,6,9-10,13-14,16-17,28H2,1-4H3,(H,30,36)(H,31,34)/t21-,23?/m1/s1. The summed E-state index contributed by atoms with van der Waals surface area (Å²) in [4.78, 5) is 44.7. The number of nitrogens with zero attached hydrogens (tertiary/aromatic N) is 3. The zero-order chi connectivity index (χ0) is 27.0. The van der Waals surface area contributed by atoms with E-state index in [0.717, 1.165) is 31.2 Å². The minimum absolute atomic E-state index is 0.00630. The minimum Gasteiger partial charge on any atom is -0.374 e. The van der Waals surface area contributed by atoms with Crippen molar-refractivity contribution in [1.82, 2.24) is 19.8 Å². The molecule has 202 valence electrons. The highest BCUT2D eigenvalue weighted by Gasteiger charge is 2.33. The van der Waals surface area contributed by atoms with Gasteiger partial charge in [0.25, 0.3) is 5.91 Å². The number of carbonyl (C=O) groups excluding carboxylic acids is 3. The highest BCUT2D eigenvalue weighted by Crippen LogP contribution is 2.34. The molecule has 0 spiro atoms. The number of aromatic nitrogens is 2. The van der Waals surface area contributed by atoms with Gasteiger partial charge in [-0.2, -0.15) is 0 Å². The number of nitrogens with two attached hydrogens (primary N) is 1. The van der Waals surface area contributed by atoms with Crippen LogP contribution in [-0.4, -0.2) is 64.5 Å². The predicted molar refractivity (Wildman–Crippen MR) is 141 cm³/mol. The molecule has 1 aromatic heterocycles. The number of benzene rings is 1. The second kappa shape index (κ2) is 12.8. The summed E-state index contributed by atoms with van der Waals surface area (Å²) in [5.74, 6) is -0.440. The average molecular weight is 513 g/mol. The maximum absolute atomic E-state index is 13.2. The Hall–Kier alpha value is -3.24. The Balaban J connectivity index is 1.72. The van der Waals surface area contributed by atoms with Gasteiger partial charge < -0.3 is 30.6 Å². The molecule has 0 aliphatic heterocycles. The molecule has 3 amide bonds. The van der Waals surface area contributed by atoms with E-state index in [1.165, 1.54) is 6.42 Å². The fraction of sp³-hybridized carbons (Fsp3) is 0.556. The average Bonchev–Trinajstić information content (AvgIpc) is 3.31. The third-order valence-corrected chi connectivity index (χ3v) is 6.57. The van der Waals surface area contributed by atoms with E-state index in [1.807, 2.05) is 30.3 Å². The zero-order valence-electron chi connectivity index (χ0n) is 22.3. The van der Waals surface area contributed by atoms with Crippen molar-refractivity contribution in [2.45, 2.75) is 70.2 Å². The van der Waals surface area contributed by atoms with Gasteiger partial charge in [-0.15, -0.1) is 0 Å². The number of amides is 3. The van der Waals surface area contributed by atoms with Gasteiger partial charge in [0.2, 0.25) is 11.8 Å². The van der Waals surface area contributed by atoms with E-state index in [2.05, 4.69) is 15.6 Å². The fourth-order valence-corrected chi connectivity index (χ4v) is 4.45. The zero-order valence-corrected chi connectivity index (χ0v) is 22.3. The van der Waals surface area contributed by atoms with Crippen molar-refractivity contribution in [3.05, 3.63) is 48.4 Å². The number of nitrogens with one attached hydrogen (secondary N) is 2. The van der Waals surface area contributed by atoms with Crippen LogP contribution in [-0.2, 0) is 25.7 Å². The van der Waals surface area contributed by atoms with Crippen LogP contribution in [0.4, 0.5) is 5.82 Å². The van der Waals surface area contributed by atoms with Crippen molar-refractivity contribution in [2.75, 3.05) is 26.0 Å². The summed E-state index contributed by atoms with van der Waals surface area (Å²) in [5, 5.41) is 5.44. The van der Waals surface area contributed by atoms with E-state index in [9.17, 15) is 14.4 Å². The fourth-order valence-electron chi connectivity index (χ4n) is 4.45. The molecule has 10 heteroatoms. The van der Waals surface area contributed by atoms with Gasteiger partial charge in [0, 0.05) is 20.3 Å².